The Morgan fingerprint density at radius 2 is 2.15 bits per heavy atom. The lowest BCUT2D eigenvalue weighted by molar-refractivity contribution is -0.133. The number of hydrogen-bond acceptors (Lipinski definition) is 4. The zero-order valence-electron chi connectivity index (χ0n) is 13.7. The van der Waals surface area contributed by atoms with Crippen molar-refractivity contribution in [3.8, 4) is 11.5 Å². The standard InChI is InChI=1S/C19H15BrClFO4/c1-10(21)6-11-2-5-16-12(7-11)8-14(18(23)25-16)19(24)26-17-9-13(22)3-4-15(17)20/h2-5,7-10,18,23H,6H2,1H3/t10-,18+/m1/s1. The van der Waals surface area contributed by atoms with Gasteiger partial charge < -0.3 is 14.6 Å². The van der Waals surface area contributed by atoms with Crippen LogP contribution in [0.1, 0.15) is 18.1 Å². The Morgan fingerprint density at radius 3 is 2.88 bits per heavy atom. The molecule has 7 heteroatoms. The number of carbonyl (C=O) groups excluding carboxylic acids is 1. The summed E-state index contributed by atoms with van der Waals surface area (Å²) in [4.78, 5) is 12.4. The lowest BCUT2D eigenvalue weighted by Gasteiger charge is -2.23. The Labute approximate surface area is 163 Å². The Morgan fingerprint density at radius 1 is 1.38 bits per heavy atom. The fourth-order valence-electron chi connectivity index (χ4n) is 2.57. The summed E-state index contributed by atoms with van der Waals surface area (Å²) in [6, 6.07) is 9.14. The Balaban J connectivity index is 1.88. The van der Waals surface area contributed by atoms with Gasteiger partial charge in [0.05, 0.1) is 4.47 Å². The van der Waals surface area contributed by atoms with Gasteiger partial charge in [-0.1, -0.05) is 6.07 Å². The van der Waals surface area contributed by atoms with Crippen molar-refractivity contribution in [2.24, 2.45) is 0 Å². The number of ether oxygens (including phenoxy) is 2. The minimum absolute atomic E-state index is 0.0126. The molecule has 2 aromatic carbocycles. The van der Waals surface area contributed by atoms with E-state index < -0.39 is 18.1 Å². The minimum Gasteiger partial charge on any atom is -0.460 e. The predicted molar refractivity (Wildman–Crippen MR) is 99.8 cm³/mol. The maximum absolute atomic E-state index is 13.4. The predicted octanol–water partition coefficient (Wildman–Crippen LogP) is 4.46. The zero-order chi connectivity index (χ0) is 18.8. The Kier molecular flexibility index (Phi) is 5.65. The highest BCUT2D eigenvalue weighted by molar-refractivity contribution is 9.10. The molecule has 136 valence electrons. The van der Waals surface area contributed by atoms with E-state index in [-0.39, 0.29) is 16.7 Å². The van der Waals surface area contributed by atoms with Crippen molar-refractivity contribution in [2.75, 3.05) is 0 Å². The van der Waals surface area contributed by atoms with Gasteiger partial charge in [0.2, 0.25) is 6.29 Å². The fraction of sp³-hybridized carbons (Fsp3) is 0.211. The number of aliphatic hydroxyl groups excluding tert-OH is 1. The van der Waals surface area contributed by atoms with E-state index in [1.54, 1.807) is 6.07 Å². The molecule has 0 unspecified atom stereocenters. The maximum Gasteiger partial charge on any atom is 0.345 e. The van der Waals surface area contributed by atoms with Crippen molar-refractivity contribution in [3.63, 3.8) is 0 Å². The van der Waals surface area contributed by atoms with E-state index in [0.29, 0.717) is 22.2 Å². The van der Waals surface area contributed by atoms with Crippen molar-refractivity contribution in [1.29, 1.82) is 0 Å². The summed E-state index contributed by atoms with van der Waals surface area (Å²) >= 11 is 9.21. The average Bonchev–Trinajstić information content (AvgIpc) is 2.57. The Hall–Kier alpha value is -1.89. The summed E-state index contributed by atoms with van der Waals surface area (Å²) in [5, 5.41) is 10.1. The third-order valence-electron chi connectivity index (χ3n) is 3.74. The number of alkyl halides is 1. The topological polar surface area (TPSA) is 55.8 Å². The van der Waals surface area contributed by atoms with Crippen molar-refractivity contribution in [2.45, 2.75) is 25.0 Å². The van der Waals surface area contributed by atoms with Gasteiger partial charge in [0.25, 0.3) is 0 Å². The third kappa shape index (κ3) is 4.26. The second-order valence-corrected chi connectivity index (χ2v) is 7.49. The van der Waals surface area contributed by atoms with Crippen molar-refractivity contribution >= 4 is 39.6 Å². The van der Waals surface area contributed by atoms with Crippen LogP contribution in [0, 0.1) is 5.82 Å². The van der Waals surface area contributed by atoms with Crippen LogP contribution in [0.4, 0.5) is 4.39 Å². The van der Waals surface area contributed by atoms with Gasteiger partial charge in [-0.2, -0.15) is 0 Å². The van der Waals surface area contributed by atoms with Crippen LogP contribution in [0.3, 0.4) is 0 Å². The number of halogens is 3. The van der Waals surface area contributed by atoms with Gasteiger partial charge in [-0.3, -0.25) is 0 Å². The van der Waals surface area contributed by atoms with E-state index in [1.807, 2.05) is 19.1 Å². The molecule has 0 spiro atoms. The summed E-state index contributed by atoms with van der Waals surface area (Å²) in [5.41, 5.74) is 1.53. The normalized spacial score (nSPS) is 17.0. The van der Waals surface area contributed by atoms with E-state index in [0.717, 1.165) is 11.6 Å². The molecular weight excluding hydrogens is 427 g/mol. The molecule has 0 amide bonds. The number of benzene rings is 2. The minimum atomic E-state index is -1.47. The molecule has 3 rings (SSSR count). The second kappa shape index (κ2) is 7.78. The molecule has 0 aliphatic carbocycles. The lowest BCUT2D eigenvalue weighted by atomic mass is 10.0. The first-order valence-electron chi connectivity index (χ1n) is 7.84. The van der Waals surface area contributed by atoms with E-state index in [1.165, 1.54) is 18.2 Å². The van der Waals surface area contributed by atoms with Gasteiger partial charge in [-0.25, -0.2) is 9.18 Å². The highest BCUT2D eigenvalue weighted by atomic mass is 79.9. The van der Waals surface area contributed by atoms with Crippen LogP contribution < -0.4 is 9.47 Å². The Bertz CT molecular complexity index is 882. The molecule has 0 saturated carbocycles. The van der Waals surface area contributed by atoms with Crippen LogP contribution in [0.15, 0.2) is 46.4 Å². The van der Waals surface area contributed by atoms with Crippen molar-refractivity contribution in [1.82, 2.24) is 0 Å². The zero-order valence-corrected chi connectivity index (χ0v) is 16.1. The molecule has 0 radical (unpaired) electrons. The summed E-state index contributed by atoms with van der Waals surface area (Å²) in [5.74, 6) is -0.910. The number of rotatable bonds is 4. The first kappa shape index (κ1) is 18.9. The molecular formula is C19H15BrClFO4. The number of fused-ring (bicyclic) bond motifs is 1. The van der Waals surface area contributed by atoms with Crippen LogP contribution in [-0.4, -0.2) is 22.7 Å². The van der Waals surface area contributed by atoms with Crippen LogP contribution in [0.5, 0.6) is 11.5 Å². The molecule has 2 atom stereocenters. The molecule has 1 aliphatic heterocycles. The van der Waals surface area contributed by atoms with Gasteiger partial charge in [0.15, 0.2) is 0 Å². The van der Waals surface area contributed by atoms with Gasteiger partial charge in [-0.15, -0.1) is 11.6 Å². The second-order valence-electron chi connectivity index (χ2n) is 5.89. The monoisotopic (exact) mass is 440 g/mol. The fourth-order valence-corrected chi connectivity index (χ4v) is 3.07. The average molecular weight is 442 g/mol. The molecule has 4 nitrogen and oxygen atoms in total. The summed E-state index contributed by atoms with van der Waals surface area (Å²) < 4.78 is 24.3. The SMILES string of the molecule is C[C@@H](Cl)Cc1ccc2c(c1)C=C(C(=O)Oc1cc(F)ccc1Br)[C@@H](O)O2. The van der Waals surface area contributed by atoms with Crippen LogP contribution in [0.25, 0.3) is 6.08 Å². The van der Waals surface area contributed by atoms with Gasteiger partial charge in [-0.05, 0) is 65.2 Å². The molecule has 0 fully saturated rings. The lowest BCUT2D eigenvalue weighted by Crippen LogP contribution is -2.29. The van der Waals surface area contributed by atoms with Crippen LogP contribution in [-0.2, 0) is 11.2 Å². The van der Waals surface area contributed by atoms with Gasteiger partial charge in [0.1, 0.15) is 22.9 Å². The number of hydrogen-bond donors (Lipinski definition) is 1. The van der Waals surface area contributed by atoms with Gasteiger partial charge in [0, 0.05) is 17.0 Å². The van der Waals surface area contributed by atoms with Crippen LogP contribution >= 0.6 is 27.5 Å². The molecule has 0 bridgehead atoms. The molecule has 2 aromatic rings. The smallest absolute Gasteiger partial charge is 0.345 e. The first-order valence-corrected chi connectivity index (χ1v) is 9.07. The quantitative estimate of drug-likeness (QED) is 0.432. The molecule has 26 heavy (non-hydrogen) atoms. The van der Waals surface area contributed by atoms with E-state index in [4.69, 9.17) is 21.1 Å². The molecule has 0 aromatic heterocycles. The van der Waals surface area contributed by atoms with Gasteiger partial charge >= 0.3 is 5.97 Å². The summed E-state index contributed by atoms with van der Waals surface area (Å²) in [7, 11) is 0. The van der Waals surface area contributed by atoms with E-state index >= 15 is 0 Å². The maximum atomic E-state index is 13.4. The number of carbonyl (C=O) groups is 1. The molecule has 1 heterocycles. The van der Waals surface area contributed by atoms with Crippen molar-refractivity contribution < 1.29 is 23.8 Å². The number of esters is 1. The molecule has 1 N–H and O–H groups in total. The van der Waals surface area contributed by atoms with Crippen LogP contribution in [0.2, 0.25) is 0 Å². The van der Waals surface area contributed by atoms with E-state index in [2.05, 4.69) is 15.9 Å². The molecule has 0 saturated heterocycles. The van der Waals surface area contributed by atoms with Crippen molar-refractivity contribution in [3.05, 3.63) is 63.4 Å². The first-order chi connectivity index (χ1) is 12.3. The third-order valence-corrected chi connectivity index (χ3v) is 4.55. The highest BCUT2D eigenvalue weighted by Gasteiger charge is 2.28. The molecule has 1 aliphatic rings. The largest absolute Gasteiger partial charge is 0.460 e. The van der Waals surface area contributed by atoms with E-state index in [9.17, 15) is 14.3 Å². The summed E-state index contributed by atoms with van der Waals surface area (Å²) in [6.45, 7) is 1.89. The highest BCUT2D eigenvalue weighted by Crippen LogP contribution is 2.32. The summed E-state index contributed by atoms with van der Waals surface area (Å²) in [6.07, 6.45) is 0.683. The number of aliphatic hydroxyl groups is 1.